The summed E-state index contributed by atoms with van der Waals surface area (Å²) >= 11 is 0. The third-order valence-electron chi connectivity index (χ3n) is 4.27. The van der Waals surface area contributed by atoms with Gasteiger partial charge in [-0.05, 0) is 43.4 Å². The predicted octanol–water partition coefficient (Wildman–Crippen LogP) is 2.93. The van der Waals surface area contributed by atoms with Gasteiger partial charge in [-0.2, -0.15) is 0 Å². The molecule has 3 unspecified atom stereocenters. The second kappa shape index (κ2) is 3.66. The summed E-state index contributed by atoms with van der Waals surface area (Å²) in [7, 11) is 0. The van der Waals surface area contributed by atoms with Crippen LogP contribution >= 0.6 is 0 Å². The molecule has 0 heterocycles. The van der Waals surface area contributed by atoms with Crippen molar-refractivity contribution < 1.29 is 9.53 Å². The predicted molar refractivity (Wildman–Crippen MR) is 59.3 cm³/mol. The van der Waals surface area contributed by atoms with E-state index in [0.29, 0.717) is 11.8 Å². The van der Waals surface area contributed by atoms with Crippen LogP contribution in [0, 0.1) is 17.8 Å². The fourth-order valence-corrected chi connectivity index (χ4v) is 3.50. The Morgan fingerprint density at radius 2 is 2.27 bits per heavy atom. The molecule has 0 N–H and O–H groups in total. The molecule has 2 bridgehead atoms. The van der Waals surface area contributed by atoms with Gasteiger partial charge in [-0.25, -0.2) is 4.79 Å². The van der Waals surface area contributed by atoms with Crippen molar-refractivity contribution in [2.24, 2.45) is 17.8 Å². The van der Waals surface area contributed by atoms with Gasteiger partial charge in [-0.15, -0.1) is 0 Å². The van der Waals surface area contributed by atoms with E-state index in [-0.39, 0.29) is 11.6 Å². The normalized spacial score (nSPS) is 38.3. The number of carbonyl (C=O) groups excluding carboxylic acids is 1. The Balaban J connectivity index is 2.18. The van der Waals surface area contributed by atoms with Gasteiger partial charge in [-0.1, -0.05) is 20.4 Å². The minimum atomic E-state index is -0.253. The summed E-state index contributed by atoms with van der Waals surface area (Å²) in [6, 6.07) is 0. The molecule has 0 spiro atoms. The van der Waals surface area contributed by atoms with E-state index in [1.54, 1.807) is 0 Å². The summed E-state index contributed by atoms with van der Waals surface area (Å²) in [4.78, 5) is 11.4. The van der Waals surface area contributed by atoms with E-state index in [2.05, 4.69) is 20.4 Å². The zero-order valence-corrected chi connectivity index (χ0v) is 9.66. The minimum Gasteiger partial charge on any atom is -0.455 e. The molecule has 2 saturated carbocycles. The molecule has 2 rings (SSSR count). The fraction of sp³-hybridized carbons (Fsp3) is 0.769. The van der Waals surface area contributed by atoms with Crippen LogP contribution < -0.4 is 0 Å². The van der Waals surface area contributed by atoms with Crippen molar-refractivity contribution in [2.45, 2.75) is 45.1 Å². The second-order valence-corrected chi connectivity index (χ2v) is 5.32. The lowest BCUT2D eigenvalue weighted by Gasteiger charge is -2.40. The lowest BCUT2D eigenvalue weighted by atomic mass is 9.76. The molecule has 0 amide bonds. The SMILES string of the molecule is C=CC(=O)OC1(C(C)C)CC2CCC1C2. The zero-order valence-electron chi connectivity index (χ0n) is 9.66. The maximum absolute atomic E-state index is 11.4. The standard InChI is InChI=1S/C13H20O2/c1-4-12(14)15-13(9(2)3)8-10-5-6-11(13)7-10/h4,9-11H,1,5-8H2,2-3H3. The molecule has 0 aromatic rings. The molecule has 3 atom stereocenters. The third kappa shape index (κ3) is 1.60. The van der Waals surface area contributed by atoms with Crippen molar-refractivity contribution in [3.63, 3.8) is 0 Å². The number of hydrogen-bond acceptors (Lipinski definition) is 2. The quantitative estimate of drug-likeness (QED) is 0.526. The molecule has 0 saturated heterocycles. The van der Waals surface area contributed by atoms with Crippen LogP contribution in [0.5, 0.6) is 0 Å². The van der Waals surface area contributed by atoms with Crippen LogP contribution in [0.4, 0.5) is 0 Å². The maximum Gasteiger partial charge on any atom is 0.330 e. The Morgan fingerprint density at radius 1 is 1.53 bits per heavy atom. The number of rotatable bonds is 3. The van der Waals surface area contributed by atoms with Gasteiger partial charge in [0.05, 0.1) is 0 Å². The van der Waals surface area contributed by atoms with Gasteiger partial charge < -0.3 is 4.74 Å². The van der Waals surface area contributed by atoms with Crippen LogP contribution in [0.25, 0.3) is 0 Å². The molecule has 0 aromatic carbocycles. The van der Waals surface area contributed by atoms with Gasteiger partial charge in [-0.3, -0.25) is 0 Å². The molecule has 2 aliphatic carbocycles. The van der Waals surface area contributed by atoms with E-state index >= 15 is 0 Å². The van der Waals surface area contributed by atoms with Gasteiger partial charge in [0.25, 0.3) is 0 Å². The van der Waals surface area contributed by atoms with Gasteiger partial charge in [0.2, 0.25) is 0 Å². The molecule has 15 heavy (non-hydrogen) atoms. The molecule has 2 nitrogen and oxygen atoms in total. The van der Waals surface area contributed by atoms with Crippen LogP contribution in [0.3, 0.4) is 0 Å². The summed E-state index contributed by atoms with van der Waals surface area (Å²) in [5, 5.41) is 0. The number of fused-ring (bicyclic) bond motifs is 2. The Morgan fingerprint density at radius 3 is 2.67 bits per heavy atom. The van der Waals surface area contributed by atoms with Crippen molar-refractivity contribution in [1.29, 1.82) is 0 Å². The van der Waals surface area contributed by atoms with Crippen molar-refractivity contribution in [2.75, 3.05) is 0 Å². The molecule has 2 fully saturated rings. The van der Waals surface area contributed by atoms with E-state index in [1.807, 2.05) is 0 Å². The number of esters is 1. The van der Waals surface area contributed by atoms with Crippen LogP contribution in [0.15, 0.2) is 12.7 Å². The van der Waals surface area contributed by atoms with Crippen LogP contribution in [0.2, 0.25) is 0 Å². The summed E-state index contributed by atoms with van der Waals surface area (Å²) in [6.07, 6.45) is 6.16. The molecule has 0 aromatic heterocycles. The average molecular weight is 208 g/mol. The minimum absolute atomic E-state index is 0.186. The van der Waals surface area contributed by atoms with Crippen LogP contribution in [0.1, 0.15) is 39.5 Å². The largest absolute Gasteiger partial charge is 0.455 e. The van der Waals surface area contributed by atoms with E-state index in [0.717, 1.165) is 12.3 Å². The first-order valence-electron chi connectivity index (χ1n) is 5.94. The van der Waals surface area contributed by atoms with Crippen molar-refractivity contribution in [1.82, 2.24) is 0 Å². The van der Waals surface area contributed by atoms with Crippen LogP contribution in [-0.2, 0) is 9.53 Å². The highest BCUT2D eigenvalue weighted by atomic mass is 16.6. The first-order valence-corrected chi connectivity index (χ1v) is 5.94. The summed E-state index contributed by atoms with van der Waals surface area (Å²) in [5.74, 6) is 1.54. The molecular formula is C13H20O2. The number of hydrogen-bond donors (Lipinski definition) is 0. The number of ether oxygens (including phenoxy) is 1. The van der Waals surface area contributed by atoms with Crippen LogP contribution in [-0.4, -0.2) is 11.6 Å². The van der Waals surface area contributed by atoms with E-state index in [4.69, 9.17) is 4.74 Å². The lowest BCUT2D eigenvalue weighted by molar-refractivity contribution is -0.166. The average Bonchev–Trinajstić information content (AvgIpc) is 2.77. The highest BCUT2D eigenvalue weighted by molar-refractivity contribution is 5.81. The zero-order chi connectivity index (χ0) is 11.1. The van der Waals surface area contributed by atoms with Gasteiger partial charge >= 0.3 is 5.97 Å². The van der Waals surface area contributed by atoms with Crippen molar-refractivity contribution in [3.8, 4) is 0 Å². The molecule has 0 radical (unpaired) electrons. The Hall–Kier alpha value is -0.790. The third-order valence-corrected chi connectivity index (χ3v) is 4.27. The summed E-state index contributed by atoms with van der Waals surface area (Å²) in [5.41, 5.74) is -0.186. The van der Waals surface area contributed by atoms with E-state index in [9.17, 15) is 4.79 Å². The Kier molecular flexibility index (Phi) is 2.61. The molecule has 0 aliphatic heterocycles. The van der Waals surface area contributed by atoms with E-state index in [1.165, 1.54) is 25.3 Å². The monoisotopic (exact) mass is 208 g/mol. The van der Waals surface area contributed by atoms with Gasteiger partial charge in [0.15, 0.2) is 0 Å². The maximum atomic E-state index is 11.4. The molecule has 84 valence electrons. The summed E-state index contributed by atoms with van der Waals surface area (Å²) < 4.78 is 5.69. The van der Waals surface area contributed by atoms with Crippen molar-refractivity contribution in [3.05, 3.63) is 12.7 Å². The first-order chi connectivity index (χ1) is 7.08. The topological polar surface area (TPSA) is 26.3 Å². The Bertz CT molecular complexity index is 282. The first kappa shape index (κ1) is 10.7. The van der Waals surface area contributed by atoms with E-state index < -0.39 is 0 Å². The summed E-state index contributed by atoms with van der Waals surface area (Å²) in [6.45, 7) is 7.81. The van der Waals surface area contributed by atoms with Crippen molar-refractivity contribution >= 4 is 5.97 Å². The second-order valence-electron chi connectivity index (χ2n) is 5.32. The highest BCUT2D eigenvalue weighted by Gasteiger charge is 2.55. The molecule has 2 heteroatoms. The highest BCUT2D eigenvalue weighted by Crippen LogP contribution is 2.55. The fourth-order valence-electron chi connectivity index (χ4n) is 3.50. The molecular weight excluding hydrogens is 188 g/mol. The van der Waals surface area contributed by atoms with Gasteiger partial charge in [0, 0.05) is 6.08 Å². The molecule has 2 aliphatic rings. The van der Waals surface area contributed by atoms with Gasteiger partial charge in [0.1, 0.15) is 5.60 Å². The Labute approximate surface area is 91.7 Å². The lowest BCUT2D eigenvalue weighted by Crippen LogP contribution is -2.44. The smallest absolute Gasteiger partial charge is 0.330 e. The number of carbonyl (C=O) groups is 1.